The monoisotopic (exact) mass is 254 g/mol. The van der Waals surface area contributed by atoms with Gasteiger partial charge < -0.3 is 0 Å². The van der Waals surface area contributed by atoms with Crippen molar-refractivity contribution in [2.75, 3.05) is 0 Å². The van der Waals surface area contributed by atoms with Crippen LogP contribution in [-0.4, -0.2) is 40.2 Å². The summed E-state index contributed by atoms with van der Waals surface area (Å²) in [6, 6.07) is 1.29. The van der Waals surface area contributed by atoms with Gasteiger partial charge in [0.05, 0.1) is 12.1 Å². The summed E-state index contributed by atoms with van der Waals surface area (Å²) in [5, 5.41) is 3.70. The normalized spacial score (nSPS) is 28.4. The molecule has 0 radical (unpaired) electrons. The largest absolute Gasteiger partial charge is 0.349 e. The first-order valence-electron chi connectivity index (χ1n) is 7.15. The molecule has 2 amide bonds. The fraction of sp³-hybridized carbons (Fsp3) is 0.923. The highest BCUT2D eigenvalue weighted by atomic mass is 16.2. The summed E-state index contributed by atoms with van der Waals surface area (Å²) in [5.74, 6) is 0. The van der Waals surface area contributed by atoms with Gasteiger partial charge in [0, 0.05) is 12.1 Å². The van der Waals surface area contributed by atoms with Gasteiger partial charge in [0.2, 0.25) is 0 Å². The molecule has 0 aromatic heterocycles. The second kappa shape index (κ2) is 5.45. The second-order valence-corrected chi connectivity index (χ2v) is 6.01. The highest BCUT2D eigenvalue weighted by Crippen LogP contribution is 2.32. The van der Waals surface area contributed by atoms with E-state index in [1.807, 2.05) is 10.0 Å². The van der Waals surface area contributed by atoms with E-state index in [4.69, 9.17) is 0 Å². The molecule has 1 aliphatic heterocycles. The Bertz CT molecular complexity index is 277. The number of nitrogens with zero attached hydrogens (tertiary/aromatic N) is 2. The Balaban J connectivity index is 2.14. The van der Waals surface area contributed by atoms with Crippen molar-refractivity contribution in [3.05, 3.63) is 0 Å². The Labute approximate surface area is 110 Å². The number of carbonyl (C=O) groups excluding carboxylic acids is 1. The van der Waals surface area contributed by atoms with Crippen molar-refractivity contribution in [3.63, 3.8) is 0 Å². The quantitative estimate of drug-likeness (QED) is 0.805. The Morgan fingerprint density at radius 2 is 1.33 bits per heavy atom. The Hall–Kier alpha value is -0.810. The number of hydrogen-bond donors (Lipinski definition) is 2. The maximum absolute atomic E-state index is 12.5. The Kier molecular flexibility index (Phi) is 4.12. The van der Waals surface area contributed by atoms with E-state index in [1.165, 1.54) is 12.8 Å². The topological polar surface area (TPSA) is 47.6 Å². The van der Waals surface area contributed by atoms with Crippen molar-refractivity contribution in [2.45, 2.75) is 77.5 Å². The molecular formula is C13H26N4O. The van der Waals surface area contributed by atoms with Crippen molar-refractivity contribution >= 4 is 6.03 Å². The van der Waals surface area contributed by atoms with Gasteiger partial charge in [-0.3, -0.25) is 10.0 Å². The van der Waals surface area contributed by atoms with Gasteiger partial charge >= 0.3 is 6.03 Å². The predicted octanol–water partition coefficient (Wildman–Crippen LogP) is 1.86. The maximum atomic E-state index is 12.5. The summed E-state index contributed by atoms with van der Waals surface area (Å²) >= 11 is 0. The lowest BCUT2D eigenvalue weighted by molar-refractivity contribution is 0.138. The summed E-state index contributed by atoms with van der Waals surface area (Å²) < 4.78 is 0. The molecule has 2 rings (SSSR count). The van der Waals surface area contributed by atoms with Gasteiger partial charge in [0.15, 0.2) is 0 Å². The first-order chi connectivity index (χ1) is 8.50. The molecule has 0 spiro atoms. The molecule has 0 aromatic carbocycles. The van der Waals surface area contributed by atoms with E-state index >= 15 is 0 Å². The van der Waals surface area contributed by atoms with E-state index in [0.29, 0.717) is 12.1 Å². The van der Waals surface area contributed by atoms with Crippen LogP contribution in [0.4, 0.5) is 4.79 Å². The lowest BCUT2D eigenvalue weighted by Crippen LogP contribution is -2.50. The van der Waals surface area contributed by atoms with Crippen LogP contribution in [0.2, 0.25) is 0 Å². The number of carbonyl (C=O) groups is 1. The van der Waals surface area contributed by atoms with Gasteiger partial charge in [-0.1, -0.05) is 12.8 Å². The van der Waals surface area contributed by atoms with Gasteiger partial charge in [0.25, 0.3) is 0 Å². The number of hydrogen-bond acceptors (Lipinski definition) is 3. The van der Waals surface area contributed by atoms with Crippen LogP contribution in [0, 0.1) is 0 Å². The molecule has 0 bridgehead atoms. The fourth-order valence-electron chi connectivity index (χ4n) is 2.95. The molecule has 5 heteroatoms. The maximum Gasteiger partial charge on any atom is 0.349 e. The molecule has 2 N–H and O–H groups in total. The van der Waals surface area contributed by atoms with Crippen LogP contribution < -0.4 is 10.9 Å². The molecule has 2 aliphatic rings. The van der Waals surface area contributed by atoms with Crippen molar-refractivity contribution in [1.29, 1.82) is 0 Å². The second-order valence-electron chi connectivity index (χ2n) is 6.01. The van der Waals surface area contributed by atoms with Gasteiger partial charge in [-0.25, -0.2) is 15.6 Å². The molecule has 1 saturated heterocycles. The first kappa shape index (κ1) is 13.6. The number of fused-ring (bicyclic) bond motifs is 1. The van der Waals surface area contributed by atoms with Gasteiger partial charge in [-0.2, -0.15) is 0 Å². The molecular weight excluding hydrogens is 228 g/mol. The number of hydrazine groups is 2. The smallest absolute Gasteiger partial charge is 0.253 e. The number of urea groups is 1. The van der Waals surface area contributed by atoms with E-state index in [9.17, 15) is 4.79 Å². The minimum Gasteiger partial charge on any atom is -0.253 e. The SMILES string of the molecule is CC(C)NN1C(=O)N(NC(C)C)[C@@H]2CCCC[C@H]21. The molecule has 2 fully saturated rings. The van der Waals surface area contributed by atoms with E-state index in [-0.39, 0.29) is 18.1 Å². The Morgan fingerprint density at radius 1 is 0.944 bits per heavy atom. The van der Waals surface area contributed by atoms with Crippen molar-refractivity contribution in [2.24, 2.45) is 0 Å². The molecule has 2 atom stereocenters. The summed E-state index contributed by atoms with van der Waals surface area (Å²) in [5.41, 5.74) is 6.59. The van der Waals surface area contributed by atoms with Gasteiger partial charge in [-0.15, -0.1) is 0 Å². The molecule has 18 heavy (non-hydrogen) atoms. The van der Waals surface area contributed by atoms with E-state index in [2.05, 4.69) is 38.5 Å². The third kappa shape index (κ3) is 2.62. The lowest BCUT2D eigenvalue weighted by atomic mass is 9.91. The minimum atomic E-state index is 0.0781. The third-order valence-electron chi connectivity index (χ3n) is 3.56. The first-order valence-corrected chi connectivity index (χ1v) is 7.15. The standard InChI is InChI=1S/C13H26N4O/c1-9(2)14-16-11-7-5-6-8-12(11)17(13(16)18)15-10(3)4/h9-12,14-15H,5-8H2,1-4H3/t11-,12-/m1/s1. The molecule has 0 unspecified atom stereocenters. The number of amides is 2. The predicted molar refractivity (Wildman–Crippen MR) is 71.7 cm³/mol. The van der Waals surface area contributed by atoms with Crippen LogP contribution in [0.1, 0.15) is 53.4 Å². The van der Waals surface area contributed by atoms with Crippen molar-refractivity contribution in [1.82, 2.24) is 20.9 Å². The van der Waals surface area contributed by atoms with Gasteiger partial charge in [0.1, 0.15) is 0 Å². The van der Waals surface area contributed by atoms with Crippen LogP contribution >= 0.6 is 0 Å². The fourth-order valence-corrected chi connectivity index (χ4v) is 2.95. The Morgan fingerprint density at radius 3 is 1.67 bits per heavy atom. The van der Waals surface area contributed by atoms with Crippen LogP contribution in [0.25, 0.3) is 0 Å². The molecule has 1 saturated carbocycles. The summed E-state index contributed by atoms with van der Waals surface area (Å²) in [4.78, 5) is 12.5. The zero-order valence-electron chi connectivity index (χ0n) is 11.9. The van der Waals surface area contributed by atoms with Crippen molar-refractivity contribution < 1.29 is 4.79 Å². The van der Waals surface area contributed by atoms with Crippen molar-refractivity contribution in [3.8, 4) is 0 Å². The summed E-state index contributed by atoms with van der Waals surface area (Å²) in [6.07, 6.45) is 4.65. The molecule has 1 heterocycles. The van der Waals surface area contributed by atoms with Crippen LogP contribution in [-0.2, 0) is 0 Å². The molecule has 1 aliphatic carbocycles. The van der Waals surface area contributed by atoms with E-state index < -0.39 is 0 Å². The zero-order chi connectivity index (χ0) is 13.3. The van der Waals surface area contributed by atoms with Crippen LogP contribution in [0.5, 0.6) is 0 Å². The zero-order valence-corrected chi connectivity index (χ0v) is 11.9. The van der Waals surface area contributed by atoms with Gasteiger partial charge in [-0.05, 0) is 40.5 Å². The van der Waals surface area contributed by atoms with E-state index in [0.717, 1.165) is 12.8 Å². The number of rotatable bonds is 4. The highest BCUT2D eigenvalue weighted by Gasteiger charge is 2.47. The lowest BCUT2D eigenvalue weighted by Gasteiger charge is -2.32. The molecule has 104 valence electrons. The average Bonchev–Trinajstić information content (AvgIpc) is 2.54. The summed E-state index contributed by atoms with van der Waals surface area (Å²) in [7, 11) is 0. The minimum absolute atomic E-state index is 0.0781. The molecule has 5 nitrogen and oxygen atoms in total. The van der Waals surface area contributed by atoms with Crippen LogP contribution in [0.3, 0.4) is 0 Å². The molecule has 0 aromatic rings. The third-order valence-corrected chi connectivity index (χ3v) is 3.56. The highest BCUT2D eigenvalue weighted by molar-refractivity contribution is 5.77. The van der Waals surface area contributed by atoms with E-state index in [1.54, 1.807) is 0 Å². The average molecular weight is 254 g/mol. The summed E-state index contributed by atoms with van der Waals surface area (Å²) in [6.45, 7) is 8.29. The number of nitrogens with one attached hydrogen (secondary N) is 2. The van der Waals surface area contributed by atoms with Crippen LogP contribution in [0.15, 0.2) is 0 Å².